The van der Waals surface area contributed by atoms with Gasteiger partial charge in [0.15, 0.2) is 0 Å². The van der Waals surface area contributed by atoms with Crippen LogP contribution in [0.5, 0.6) is 5.75 Å². The van der Waals surface area contributed by atoms with E-state index < -0.39 is 0 Å². The van der Waals surface area contributed by atoms with Crippen molar-refractivity contribution in [3.8, 4) is 5.75 Å². The molecule has 0 radical (unpaired) electrons. The first kappa shape index (κ1) is 15.1. The van der Waals surface area contributed by atoms with Crippen LogP contribution in [0.2, 0.25) is 0 Å². The maximum atomic E-state index is 11.5. The summed E-state index contributed by atoms with van der Waals surface area (Å²) in [5.41, 5.74) is 1.08. The van der Waals surface area contributed by atoms with Crippen molar-refractivity contribution in [2.24, 2.45) is 0 Å². The van der Waals surface area contributed by atoms with Crippen molar-refractivity contribution in [3.05, 3.63) is 40.2 Å². The molecule has 1 aliphatic rings. The zero-order valence-corrected chi connectivity index (χ0v) is 12.5. The number of benzene rings is 1. The van der Waals surface area contributed by atoms with E-state index in [-0.39, 0.29) is 24.0 Å². The number of aromatic hydroxyl groups is 1. The van der Waals surface area contributed by atoms with E-state index in [1.165, 1.54) is 25.3 Å². The molecule has 1 aromatic carbocycles. The van der Waals surface area contributed by atoms with Gasteiger partial charge in [-0.1, -0.05) is 25.3 Å². The molecule has 1 aromatic heterocycles. The van der Waals surface area contributed by atoms with Gasteiger partial charge in [-0.05, 0) is 30.5 Å². The SMILES string of the molecule is O=c1ccc2c(C(CO)NC3CCCCC3)ccc(O)c2[nH]1. The molecule has 118 valence electrons. The first-order valence-corrected chi connectivity index (χ1v) is 7.91. The van der Waals surface area contributed by atoms with Gasteiger partial charge in [0.1, 0.15) is 5.75 Å². The highest BCUT2D eigenvalue weighted by molar-refractivity contribution is 5.87. The maximum absolute atomic E-state index is 11.5. The van der Waals surface area contributed by atoms with Crippen LogP contribution in [0.4, 0.5) is 0 Å². The van der Waals surface area contributed by atoms with E-state index in [4.69, 9.17) is 0 Å². The number of aliphatic hydroxyl groups is 1. The van der Waals surface area contributed by atoms with Gasteiger partial charge in [0, 0.05) is 17.5 Å². The second-order valence-electron chi connectivity index (χ2n) is 6.02. The van der Waals surface area contributed by atoms with Crippen LogP contribution in [0.25, 0.3) is 10.9 Å². The minimum Gasteiger partial charge on any atom is -0.506 e. The van der Waals surface area contributed by atoms with E-state index in [1.54, 1.807) is 12.1 Å². The van der Waals surface area contributed by atoms with Crippen molar-refractivity contribution in [1.29, 1.82) is 0 Å². The van der Waals surface area contributed by atoms with Crippen LogP contribution in [0.1, 0.15) is 43.7 Å². The number of nitrogens with one attached hydrogen (secondary N) is 2. The Labute approximate surface area is 129 Å². The number of aromatic nitrogens is 1. The highest BCUT2D eigenvalue weighted by Crippen LogP contribution is 2.30. The average Bonchev–Trinajstić information content (AvgIpc) is 2.55. The molecular formula is C17H22N2O3. The molecule has 1 saturated carbocycles. The van der Waals surface area contributed by atoms with Crippen LogP contribution >= 0.6 is 0 Å². The Bertz CT molecular complexity index is 705. The summed E-state index contributed by atoms with van der Waals surface area (Å²) >= 11 is 0. The number of phenols is 1. The number of phenolic OH excluding ortho intramolecular Hbond substituents is 1. The van der Waals surface area contributed by atoms with Crippen LogP contribution in [0, 0.1) is 0 Å². The Morgan fingerprint density at radius 3 is 2.68 bits per heavy atom. The van der Waals surface area contributed by atoms with Gasteiger partial charge in [-0.25, -0.2) is 0 Å². The zero-order valence-electron chi connectivity index (χ0n) is 12.5. The third kappa shape index (κ3) is 3.00. The second kappa shape index (κ2) is 6.50. The summed E-state index contributed by atoms with van der Waals surface area (Å²) in [5, 5.41) is 24.0. The van der Waals surface area contributed by atoms with Gasteiger partial charge in [0.2, 0.25) is 5.56 Å². The van der Waals surface area contributed by atoms with E-state index in [9.17, 15) is 15.0 Å². The topological polar surface area (TPSA) is 85.3 Å². The molecule has 1 unspecified atom stereocenters. The highest BCUT2D eigenvalue weighted by atomic mass is 16.3. The molecule has 22 heavy (non-hydrogen) atoms. The molecule has 1 heterocycles. The van der Waals surface area contributed by atoms with E-state index in [1.807, 2.05) is 6.07 Å². The molecule has 2 aromatic rings. The Balaban J connectivity index is 1.96. The Morgan fingerprint density at radius 1 is 1.18 bits per heavy atom. The fourth-order valence-electron chi connectivity index (χ4n) is 3.36. The van der Waals surface area contributed by atoms with E-state index in [2.05, 4.69) is 10.3 Å². The van der Waals surface area contributed by atoms with Gasteiger partial charge in [-0.3, -0.25) is 4.79 Å². The number of hydrogen-bond donors (Lipinski definition) is 4. The van der Waals surface area contributed by atoms with Crippen LogP contribution in [0.3, 0.4) is 0 Å². The number of fused-ring (bicyclic) bond motifs is 1. The van der Waals surface area contributed by atoms with Gasteiger partial charge < -0.3 is 20.5 Å². The Morgan fingerprint density at radius 2 is 1.95 bits per heavy atom. The van der Waals surface area contributed by atoms with Crippen molar-refractivity contribution < 1.29 is 10.2 Å². The smallest absolute Gasteiger partial charge is 0.248 e. The molecule has 3 rings (SSSR count). The maximum Gasteiger partial charge on any atom is 0.248 e. The van der Waals surface area contributed by atoms with Crippen molar-refractivity contribution in [1.82, 2.24) is 10.3 Å². The lowest BCUT2D eigenvalue weighted by molar-refractivity contribution is 0.221. The molecule has 1 atom stereocenters. The second-order valence-corrected chi connectivity index (χ2v) is 6.02. The largest absolute Gasteiger partial charge is 0.506 e. The molecule has 1 fully saturated rings. The number of H-pyrrole nitrogens is 1. The molecule has 5 heteroatoms. The monoisotopic (exact) mass is 302 g/mol. The summed E-state index contributed by atoms with van der Waals surface area (Å²) in [6, 6.07) is 6.75. The van der Waals surface area contributed by atoms with Crippen LogP contribution in [-0.2, 0) is 0 Å². The lowest BCUT2D eigenvalue weighted by Crippen LogP contribution is -2.36. The van der Waals surface area contributed by atoms with Gasteiger partial charge >= 0.3 is 0 Å². The summed E-state index contributed by atoms with van der Waals surface area (Å²) in [6.07, 6.45) is 5.98. The number of aromatic amines is 1. The quantitative estimate of drug-likeness (QED) is 0.697. The van der Waals surface area contributed by atoms with Crippen molar-refractivity contribution in [2.75, 3.05) is 6.61 Å². The predicted molar refractivity (Wildman–Crippen MR) is 86.1 cm³/mol. The van der Waals surface area contributed by atoms with Crippen LogP contribution < -0.4 is 10.9 Å². The van der Waals surface area contributed by atoms with Gasteiger partial charge in [-0.15, -0.1) is 0 Å². The van der Waals surface area contributed by atoms with Gasteiger partial charge in [-0.2, -0.15) is 0 Å². The van der Waals surface area contributed by atoms with E-state index in [0.29, 0.717) is 11.6 Å². The van der Waals surface area contributed by atoms with Crippen LogP contribution in [0.15, 0.2) is 29.1 Å². The van der Waals surface area contributed by atoms with Gasteiger partial charge in [0.05, 0.1) is 18.2 Å². The standard InChI is InChI=1S/C17H22N2O3/c20-10-14(18-11-4-2-1-3-5-11)12-6-8-15(21)17-13(12)7-9-16(22)19-17/h6-9,11,14,18,20-21H,1-5,10H2,(H,19,22). The normalized spacial score (nSPS) is 17.7. The average molecular weight is 302 g/mol. The summed E-state index contributed by atoms with van der Waals surface area (Å²) in [5.74, 6) is 0.0470. The fourth-order valence-corrected chi connectivity index (χ4v) is 3.36. The van der Waals surface area contributed by atoms with Crippen LogP contribution in [-0.4, -0.2) is 27.8 Å². The minimum atomic E-state index is -0.249. The number of rotatable bonds is 4. The predicted octanol–water partition coefficient (Wildman–Crippen LogP) is 2.19. The van der Waals surface area contributed by atoms with E-state index in [0.717, 1.165) is 23.8 Å². The molecule has 0 amide bonds. The zero-order chi connectivity index (χ0) is 15.5. The fraction of sp³-hybridized carbons (Fsp3) is 0.471. The Kier molecular flexibility index (Phi) is 4.45. The lowest BCUT2D eigenvalue weighted by Gasteiger charge is -2.28. The molecular weight excluding hydrogens is 280 g/mol. The van der Waals surface area contributed by atoms with Crippen molar-refractivity contribution >= 4 is 10.9 Å². The Hall–Kier alpha value is -1.85. The summed E-state index contributed by atoms with van der Waals surface area (Å²) in [6.45, 7) is -0.0184. The number of aliphatic hydroxyl groups excluding tert-OH is 1. The molecule has 5 nitrogen and oxygen atoms in total. The molecule has 1 aliphatic carbocycles. The number of pyridine rings is 1. The van der Waals surface area contributed by atoms with Crippen molar-refractivity contribution in [2.45, 2.75) is 44.2 Å². The summed E-state index contributed by atoms with van der Waals surface area (Å²) < 4.78 is 0. The molecule has 0 saturated heterocycles. The third-order valence-corrected chi connectivity index (χ3v) is 4.51. The third-order valence-electron chi connectivity index (χ3n) is 4.51. The minimum absolute atomic E-state index is 0.0184. The lowest BCUT2D eigenvalue weighted by atomic mass is 9.93. The molecule has 4 N–H and O–H groups in total. The van der Waals surface area contributed by atoms with Crippen molar-refractivity contribution in [3.63, 3.8) is 0 Å². The summed E-state index contributed by atoms with van der Waals surface area (Å²) in [7, 11) is 0. The first-order chi connectivity index (χ1) is 10.7. The number of hydrogen-bond acceptors (Lipinski definition) is 4. The molecule has 0 bridgehead atoms. The van der Waals surface area contributed by atoms with E-state index >= 15 is 0 Å². The summed E-state index contributed by atoms with van der Waals surface area (Å²) in [4.78, 5) is 14.1. The first-order valence-electron chi connectivity index (χ1n) is 7.91. The molecule has 0 aliphatic heterocycles. The molecule has 0 spiro atoms. The highest BCUT2D eigenvalue weighted by Gasteiger charge is 2.20. The van der Waals surface area contributed by atoms with Gasteiger partial charge in [0.25, 0.3) is 0 Å².